The van der Waals surface area contributed by atoms with Crippen LogP contribution in [0.5, 0.6) is 0 Å². The van der Waals surface area contributed by atoms with Crippen LogP contribution in [0.4, 0.5) is 13.6 Å². The smallest absolute Gasteiger partial charge is 0.437 e. The number of aliphatic imine (C=N–C) groups is 1. The standard InChI is InChI=1S/C26H33F2N3O5/c1-7-9-12-25(8-2)15-20(32)31(22(30-25)29-23(34)36-24(3,4)5)19-14-26(27,28)18-11-10-16(13-17(18)19)21(33)35-6/h7,10-11,13,19H,1,8-9,12,14-15H2,2-6H3,(H,29,30,34)/t19-,25-/m1/s1. The SMILES string of the molecule is C=CCC[C@]1(CC)CC(=O)N([C@@H]2CC(F)(F)c3ccc(C(=O)OC)cc32)/C(=N/C(=O)OC(C)(C)C)N1. The van der Waals surface area contributed by atoms with Gasteiger partial charge in [-0.15, -0.1) is 11.6 Å². The van der Waals surface area contributed by atoms with Gasteiger partial charge in [-0.25, -0.2) is 18.4 Å². The molecule has 2 amide bonds. The highest BCUT2D eigenvalue weighted by Gasteiger charge is 2.52. The van der Waals surface area contributed by atoms with Crippen molar-refractivity contribution in [2.75, 3.05) is 7.11 Å². The summed E-state index contributed by atoms with van der Waals surface area (Å²) in [5.74, 6) is -4.55. The van der Waals surface area contributed by atoms with Crippen LogP contribution in [0.25, 0.3) is 0 Å². The predicted octanol–water partition coefficient (Wildman–Crippen LogP) is 5.24. The maximum Gasteiger partial charge on any atom is 0.437 e. The number of alkyl halides is 2. The molecule has 0 bridgehead atoms. The first-order chi connectivity index (χ1) is 16.8. The molecule has 1 saturated heterocycles. The van der Waals surface area contributed by atoms with E-state index >= 15 is 8.78 Å². The van der Waals surface area contributed by atoms with Crippen LogP contribution < -0.4 is 5.32 Å². The van der Waals surface area contributed by atoms with Crippen molar-refractivity contribution in [2.24, 2.45) is 4.99 Å². The second-order valence-electron chi connectivity index (χ2n) is 10.2. The molecule has 0 unspecified atom stereocenters. The fraction of sp³-hybridized carbons (Fsp3) is 0.538. The number of amides is 2. The van der Waals surface area contributed by atoms with Gasteiger partial charge in [0.25, 0.3) is 5.92 Å². The predicted molar refractivity (Wildman–Crippen MR) is 130 cm³/mol. The van der Waals surface area contributed by atoms with Crippen molar-refractivity contribution >= 4 is 23.9 Å². The van der Waals surface area contributed by atoms with E-state index in [1.54, 1.807) is 26.8 Å². The summed E-state index contributed by atoms with van der Waals surface area (Å²) in [7, 11) is 1.19. The van der Waals surface area contributed by atoms with Gasteiger partial charge in [-0.1, -0.05) is 19.1 Å². The second kappa shape index (κ2) is 9.99. The van der Waals surface area contributed by atoms with Gasteiger partial charge in [-0.05, 0) is 57.7 Å². The summed E-state index contributed by atoms with van der Waals surface area (Å²) < 4.78 is 40.2. The van der Waals surface area contributed by atoms with Crippen molar-refractivity contribution in [3.05, 3.63) is 47.5 Å². The number of nitrogens with one attached hydrogen (secondary N) is 1. The number of carbonyl (C=O) groups excluding carboxylic acids is 3. The number of nitrogens with zero attached hydrogens (tertiary/aromatic N) is 2. The Morgan fingerprint density at radius 3 is 2.61 bits per heavy atom. The minimum Gasteiger partial charge on any atom is -0.465 e. The lowest BCUT2D eigenvalue weighted by Gasteiger charge is -2.45. The molecule has 1 aliphatic carbocycles. The van der Waals surface area contributed by atoms with Crippen LogP contribution in [-0.4, -0.2) is 47.1 Å². The molecule has 10 heteroatoms. The number of hydrogen-bond donors (Lipinski definition) is 1. The molecule has 1 aliphatic heterocycles. The summed E-state index contributed by atoms with van der Waals surface area (Å²) in [4.78, 5) is 43.5. The molecule has 1 fully saturated rings. The van der Waals surface area contributed by atoms with Crippen LogP contribution >= 0.6 is 0 Å². The lowest BCUT2D eigenvalue weighted by molar-refractivity contribution is -0.133. The lowest BCUT2D eigenvalue weighted by atomic mass is 9.84. The highest BCUT2D eigenvalue weighted by atomic mass is 19.3. The Morgan fingerprint density at radius 1 is 1.33 bits per heavy atom. The van der Waals surface area contributed by atoms with Gasteiger partial charge in [0.1, 0.15) is 5.60 Å². The van der Waals surface area contributed by atoms with Crippen LogP contribution in [0.3, 0.4) is 0 Å². The van der Waals surface area contributed by atoms with E-state index in [-0.39, 0.29) is 29.1 Å². The van der Waals surface area contributed by atoms with Crippen LogP contribution in [0.1, 0.15) is 87.3 Å². The fourth-order valence-corrected chi connectivity index (χ4v) is 4.64. The first-order valence-corrected chi connectivity index (χ1v) is 11.9. The molecule has 1 aromatic carbocycles. The Bertz CT molecular complexity index is 1100. The van der Waals surface area contributed by atoms with Crippen LogP contribution in [0, 0.1) is 0 Å². The number of ether oxygens (including phenoxy) is 2. The average Bonchev–Trinajstić information content (AvgIpc) is 3.05. The largest absolute Gasteiger partial charge is 0.465 e. The Balaban J connectivity index is 2.11. The number of allylic oxidation sites excluding steroid dienone is 1. The molecule has 1 N–H and O–H groups in total. The average molecular weight is 506 g/mol. The van der Waals surface area contributed by atoms with E-state index in [9.17, 15) is 14.4 Å². The Hall–Kier alpha value is -3.30. The van der Waals surface area contributed by atoms with E-state index in [0.717, 1.165) is 4.90 Å². The molecular formula is C26H33F2N3O5. The molecule has 1 heterocycles. The second-order valence-corrected chi connectivity index (χ2v) is 10.2. The van der Waals surface area contributed by atoms with Gasteiger partial charge in [0.05, 0.1) is 25.1 Å². The topological polar surface area (TPSA) is 97.3 Å². The maximum atomic E-state index is 15.1. The van der Waals surface area contributed by atoms with Crippen molar-refractivity contribution in [1.29, 1.82) is 0 Å². The number of rotatable bonds is 6. The third-order valence-corrected chi connectivity index (χ3v) is 6.45. The summed E-state index contributed by atoms with van der Waals surface area (Å²) >= 11 is 0. The van der Waals surface area contributed by atoms with E-state index in [1.807, 2.05) is 6.92 Å². The zero-order valence-electron chi connectivity index (χ0n) is 21.3. The van der Waals surface area contributed by atoms with E-state index < -0.39 is 47.5 Å². The monoisotopic (exact) mass is 505 g/mol. The molecular weight excluding hydrogens is 472 g/mol. The minimum atomic E-state index is -3.26. The quantitative estimate of drug-likeness (QED) is 0.420. The van der Waals surface area contributed by atoms with Gasteiger partial charge in [0.2, 0.25) is 11.9 Å². The molecule has 8 nitrogen and oxygen atoms in total. The molecule has 36 heavy (non-hydrogen) atoms. The van der Waals surface area contributed by atoms with Crippen molar-refractivity contribution in [3.63, 3.8) is 0 Å². The van der Waals surface area contributed by atoms with E-state index in [2.05, 4.69) is 16.9 Å². The highest BCUT2D eigenvalue weighted by molar-refractivity contribution is 6.04. The summed E-state index contributed by atoms with van der Waals surface area (Å²) in [5.41, 5.74) is -1.69. The number of hydrogen-bond acceptors (Lipinski definition) is 5. The van der Waals surface area contributed by atoms with Gasteiger partial charge in [0, 0.05) is 17.5 Å². The Kier molecular flexibility index (Phi) is 7.57. The van der Waals surface area contributed by atoms with Crippen molar-refractivity contribution in [1.82, 2.24) is 10.2 Å². The van der Waals surface area contributed by atoms with Gasteiger partial charge >= 0.3 is 12.1 Å². The number of benzene rings is 1. The number of halogens is 2. The molecule has 2 aliphatic rings. The van der Waals surface area contributed by atoms with E-state index in [1.165, 1.54) is 25.3 Å². The van der Waals surface area contributed by atoms with Crippen LogP contribution in [0.2, 0.25) is 0 Å². The fourth-order valence-electron chi connectivity index (χ4n) is 4.64. The van der Waals surface area contributed by atoms with Gasteiger partial charge < -0.3 is 14.8 Å². The number of guanidine groups is 1. The van der Waals surface area contributed by atoms with Gasteiger partial charge in [0.15, 0.2) is 0 Å². The van der Waals surface area contributed by atoms with Crippen LogP contribution in [0.15, 0.2) is 35.8 Å². The number of fused-ring (bicyclic) bond motifs is 1. The normalized spacial score (nSPS) is 24.2. The molecule has 2 atom stereocenters. The minimum absolute atomic E-state index is 0.0127. The molecule has 0 radical (unpaired) electrons. The van der Waals surface area contributed by atoms with E-state index in [4.69, 9.17) is 9.47 Å². The number of carbonyl (C=O) groups is 3. The van der Waals surface area contributed by atoms with Crippen molar-refractivity contribution < 1.29 is 32.6 Å². The first-order valence-electron chi connectivity index (χ1n) is 11.9. The van der Waals surface area contributed by atoms with Crippen molar-refractivity contribution in [2.45, 2.75) is 82.9 Å². The molecule has 0 spiro atoms. The maximum absolute atomic E-state index is 15.1. The first kappa shape index (κ1) is 27.3. The van der Waals surface area contributed by atoms with Crippen molar-refractivity contribution in [3.8, 4) is 0 Å². The molecule has 196 valence electrons. The number of methoxy groups -OCH3 is 1. The number of esters is 1. The molecule has 0 aromatic heterocycles. The van der Waals surface area contributed by atoms with Crippen LogP contribution in [-0.2, 0) is 20.2 Å². The third-order valence-electron chi connectivity index (χ3n) is 6.45. The molecule has 1 aromatic rings. The molecule has 3 rings (SSSR count). The summed E-state index contributed by atoms with van der Waals surface area (Å²) in [6.07, 6.45) is 1.72. The summed E-state index contributed by atoms with van der Waals surface area (Å²) in [5, 5.41) is 3.20. The van der Waals surface area contributed by atoms with Gasteiger partial charge in [-0.3, -0.25) is 9.69 Å². The lowest BCUT2D eigenvalue weighted by Crippen LogP contribution is -2.63. The van der Waals surface area contributed by atoms with E-state index in [0.29, 0.717) is 19.3 Å². The summed E-state index contributed by atoms with van der Waals surface area (Å²) in [6, 6.07) is 2.60. The Morgan fingerprint density at radius 2 is 2.03 bits per heavy atom. The summed E-state index contributed by atoms with van der Waals surface area (Å²) in [6.45, 7) is 10.6. The highest BCUT2D eigenvalue weighted by Crippen LogP contribution is 2.51. The molecule has 0 saturated carbocycles. The Labute approximate surface area is 209 Å². The zero-order valence-corrected chi connectivity index (χ0v) is 21.3. The third kappa shape index (κ3) is 5.57. The zero-order chi connectivity index (χ0) is 26.9. The van der Waals surface area contributed by atoms with Gasteiger partial charge in [-0.2, -0.15) is 0 Å².